The highest BCUT2D eigenvalue weighted by molar-refractivity contribution is 5.89. The van der Waals surface area contributed by atoms with Gasteiger partial charge < -0.3 is 18.9 Å². The summed E-state index contributed by atoms with van der Waals surface area (Å²) in [6.45, 7) is 3.76. The molecule has 0 aliphatic carbocycles. The lowest BCUT2D eigenvalue weighted by atomic mass is 9.78. The van der Waals surface area contributed by atoms with Gasteiger partial charge in [-0.25, -0.2) is 13.6 Å². The fraction of sp³-hybridized carbons (Fsp3) is 0.455. The van der Waals surface area contributed by atoms with Crippen molar-refractivity contribution in [2.75, 3.05) is 20.3 Å². The zero-order valence-electron chi connectivity index (χ0n) is 18.7. The van der Waals surface area contributed by atoms with Gasteiger partial charge in [0.1, 0.15) is 12.1 Å². The lowest BCUT2D eigenvalue weighted by Crippen LogP contribution is -2.33. The largest absolute Gasteiger partial charge is 0.493 e. The Bertz CT molecular complexity index is 1140. The minimum Gasteiger partial charge on any atom is -0.493 e. The van der Waals surface area contributed by atoms with E-state index in [-0.39, 0.29) is 28.5 Å². The monoisotopic (exact) mass is 465 g/mol. The molecule has 1 aliphatic rings. The van der Waals surface area contributed by atoms with E-state index < -0.39 is 30.5 Å². The van der Waals surface area contributed by atoms with Crippen molar-refractivity contribution < 1.29 is 27.9 Å². The normalized spacial score (nSPS) is 15.3. The standard InChI is InChI=1S/C22H25F2N3O6/c1-21(2,3)19-6-12-5-18(32-11-22(23,24)10-26-30)17(31-4)7-13(12)15-8-16(28)14(9-27(15)19)20(29)33-25/h5,7-9,19H,6,10-11,25H2,1-4H3. The molecule has 2 heterocycles. The molecule has 1 aromatic heterocycles. The fourth-order valence-corrected chi connectivity index (χ4v) is 3.88. The second kappa shape index (κ2) is 8.89. The molecule has 11 heteroatoms. The first-order valence-corrected chi connectivity index (χ1v) is 10.1. The van der Waals surface area contributed by atoms with Crippen molar-refractivity contribution in [3.8, 4) is 22.8 Å². The van der Waals surface area contributed by atoms with E-state index in [0.717, 1.165) is 5.56 Å². The quantitative estimate of drug-likeness (QED) is 0.491. The molecule has 2 N–H and O–H groups in total. The molecule has 2 aromatic rings. The Morgan fingerprint density at radius 2 is 1.94 bits per heavy atom. The molecular formula is C22H25F2N3O6. The second-order valence-electron chi connectivity index (χ2n) is 8.93. The van der Waals surface area contributed by atoms with E-state index in [1.807, 2.05) is 25.3 Å². The third kappa shape index (κ3) is 4.87. The Balaban J connectivity index is 2.15. The van der Waals surface area contributed by atoms with Gasteiger partial charge >= 0.3 is 11.9 Å². The van der Waals surface area contributed by atoms with E-state index >= 15 is 0 Å². The van der Waals surface area contributed by atoms with Gasteiger partial charge in [0.25, 0.3) is 0 Å². The molecule has 33 heavy (non-hydrogen) atoms. The molecule has 0 saturated carbocycles. The number of methoxy groups -OCH3 is 1. The Labute approximate surface area is 188 Å². The van der Waals surface area contributed by atoms with E-state index in [9.17, 15) is 23.3 Å². The fourth-order valence-electron chi connectivity index (χ4n) is 3.88. The van der Waals surface area contributed by atoms with Crippen LogP contribution in [0.3, 0.4) is 0 Å². The van der Waals surface area contributed by atoms with Gasteiger partial charge in [-0.05, 0) is 29.5 Å². The molecule has 0 bridgehead atoms. The number of carbonyl (C=O) groups is 1. The maximum absolute atomic E-state index is 13.7. The Morgan fingerprint density at radius 3 is 2.52 bits per heavy atom. The summed E-state index contributed by atoms with van der Waals surface area (Å²) in [4.78, 5) is 39.1. The van der Waals surface area contributed by atoms with Crippen LogP contribution in [0.1, 0.15) is 42.7 Å². The number of nitrogens with zero attached hydrogens (tertiary/aromatic N) is 2. The predicted octanol–water partition coefficient (Wildman–Crippen LogP) is 3.48. The van der Waals surface area contributed by atoms with E-state index in [0.29, 0.717) is 17.7 Å². The molecule has 1 unspecified atom stereocenters. The zero-order chi connectivity index (χ0) is 24.6. The summed E-state index contributed by atoms with van der Waals surface area (Å²) in [5.74, 6) is 0.850. The number of fused-ring (bicyclic) bond motifs is 3. The lowest BCUT2D eigenvalue weighted by molar-refractivity contribution is -0.0322. The summed E-state index contributed by atoms with van der Waals surface area (Å²) in [5.41, 5.74) is 0.820. The van der Waals surface area contributed by atoms with Crippen LogP contribution >= 0.6 is 0 Å². The number of alkyl halides is 2. The van der Waals surface area contributed by atoms with Crippen molar-refractivity contribution in [2.24, 2.45) is 16.5 Å². The van der Waals surface area contributed by atoms with Gasteiger partial charge in [-0.2, -0.15) is 10.8 Å². The molecule has 0 spiro atoms. The Hall–Kier alpha value is -3.34. The van der Waals surface area contributed by atoms with Crippen LogP contribution in [0.15, 0.2) is 34.4 Å². The molecule has 0 amide bonds. The number of nitrogens with two attached hydrogens (primary N) is 1. The maximum Gasteiger partial charge on any atom is 0.362 e. The topological polar surface area (TPSA) is 122 Å². The van der Waals surface area contributed by atoms with E-state index in [4.69, 9.17) is 15.4 Å². The van der Waals surface area contributed by atoms with E-state index in [2.05, 4.69) is 10.0 Å². The zero-order valence-corrected chi connectivity index (χ0v) is 18.7. The van der Waals surface area contributed by atoms with Crippen molar-refractivity contribution in [3.05, 3.63) is 50.7 Å². The van der Waals surface area contributed by atoms with Gasteiger partial charge in [0.2, 0.25) is 0 Å². The minimum absolute atomic E-state index is 0.0774. The first kappa shape index (κ1) is 24.3. The van der Waals surface area contributed by atoms with Crippen LogP contribution in [-0.2, 0) is 11.3 Å². The van der Waals surface area contributed by atoms with Crippen LogP contribution in [0.25, 0.3) is 11.3 Å². The molecule has 1 atom stereocenters. The van der Waals surface area contributed by atoms with Crippen LogP contribution in [0.4, 0.5) is 8.78 Å². The number of aromatic nitrogens is 1. The summed E-state index contributed by atoms with van der Waals surface area (Å²) < 4.78 is 39.9. The molecule has 0 fully saturated rings. The van der Waals surface area contributed by atoms with Gasteiger partial charge in [0, 0.05) is 23.9 Å². The molecule has 9 nitrogen and oxygen atoms in total. The number of ether oxygens (including phenoxy) is 2. The van der Waals surface area contributed by atoms with E-state index in [1.54, 1.807) is 12.1 Å². The lowest BCUT2D eigenvalue weighted by Gasteiger charge is -2.39. The Kier molecular flexibility index (Phi) is 6.55. The number of halogens is 2. The van der Waals surface area contributed by atoms with Crippen LogP contribution in [0.5, 0.6) is 11.5 Å². The smallest absolute Gasteiger partial charge is 0.362 e. The first-order valence-electron chi connectivity index (χ1n) is 10.1. The van der Waals surface area contributed by atoms with Gasteiger partial charge in [-0.15, -0.1) is 0 Å². The van der Waals surface area contributed by atoms with Gasteiger partial charge in [0.15, 0.2) is 23.5 Å². The number of benzene rings is 1. The second-order valence-corrected chi connectivity index (χ2v) is 8.93. The molecule has 1 aliphatic heterocycles. The predicted molar refractivity (Wildman–Crippen MR) is 116 cm³/mol. The van der Waals surface area contributed by atoms with Crippen molar-refractivity contribution in [1.29, 1.82) is 0 Å². The van der Waals surface area contributed by atoms with Crippen molar-refractivity contribution in [2.45, 2.75) is 39.2 Å². The van der Waals surface area contributed by atoms with Crippen LogP contribution in [0, 0.1) is 10.3 Å². The molecule has 1 aromatic carbocycles. The van der Waals surface area contributed by atoms with Crippen molar-refractivity contribution >= 4 is 5.97 Å². The third-order valence-electron chi connectivity index (χ3n) is 5.56. The average Bonchev–Trinajstić information content (AvgIpc) is 2.74. The highest BCUT2D eigenvalue weighted by Gasteiger charge is 2.35. The summed E-state index contributed by atoms with van der Waals surface area (Å²) in [6, 6.07) is 4.29. The summed E-state index contributed by atoms with van der Waals surface area (Å²) in [5, 5.41) is 2.24. The van der Waals surface area contributed by atoms with Crippen LogP contribution in [-0.4, -0.2) is 36.7 Å². The summed E-state index contributed by atoms with van der Waals surface area (Å²) in [7, 11) is 1.36. The number of carbonyl (C=O) groups excluding carboxylic acids is 1. The van der Waals surface area contributed by atoms with Crippen molar-refractivity contribution in [3.63, 3.8) is 0 Å². The Morgan fingerprint density at radius 1 is 1.24 bits per heavy atom. The minimum atomic E-state index is -3.43. The SMILES string of the molecule is COc1cc2c(cc1OCC(F)(F)CN=O)CC(C(C)(C)C)n1cc(C(=O)ON)c(=O)cc1-2. The van der Waals surface area contributed by atoms with Crippen LogP contribution < -0.4 is 20.8 Å². The highest BCUT2D eigenvalue weighted by atomic mass is 19.3. The molecular weight excluding hydrogens is 440 g/mol. The van der Waals surface area contributed by atoms with Gasteiger partial charge in [-0.1, -0.05) is 25.9 Å². The van der Waals surface area contributed by atoms with Crippen molar-refractivity contribution in [1.82, 2.24) is 4.57 Å². The number of hydrogen-bond donors (Lipinski definition) is 1. The molecule has 0 radical (unpaired) electrons. The number of pyridine rings is 1. The molecule has 178 valence electrons. The first-order chi connectivity index (χ1) is 15.4. The number of nitroso groups, excluding NO2 is 1. The van der Waals surface area contributed by atoms with Gasteiger partial charge in [-0.3, -0.25) is 4.79 Å². The van der Waals surface area contributed by atoms with Crippen LogP contribution in [0.2, 0.25) is 0 Å². The molecule has 0 saturated heterocycles. The van der Waals surface area contributed by atoms with Gasteiger partial charge in [0.05, 0.1) is 12.8 Å². The summed E-state index contributed by atoms with van der Waals surface area (Å²) in [6.07, 6.45) is 1.88. The van der Waals surface area contributed by atoms with E-state index in [1.165, 1.54) is 19.4 Å². The number of rotatable bonds is 7. The third-order valence-corrected chi connectivity index (χ3v) is 5.56. The highest BCUT2D eigenvalue weighted by Crippen LogP contribution is 2.45. The number of hydrogen-bond acceptors (Lipinski definition) is 8. The molecule has 3 rings (SSSR count). The summed E-state index contributed by atoms with van der Waals surface area (Å²) >= 11 is 0. The average molecular weight is 465 g/mol. The maximum atomic E-state index is 13.7.